The van der Waals surface area contributed by atoms with E-state index in [4.69, 9.17) is 10.5 Å². The third-order valence-corrected chi connectivity index (χ3v) is 4.51. The van der Waals surface area contributed by atoms with E-state index in [1.165, 1.54) is 19.4 Å². The third-order valence-electron chi connectivity index (χ3n) is 4.51. The summed E-state index contributed by atoms with van der Waals surface area (Å²) in [5, 5.41) is 0. The SMILES string of the molecule is CCOC(=O)c1cccc(N2CCN3CCCC3C2)c1N. The molecule has 1 aromatic carbocycles. The topological polar surface area (TPSA) is 58.8 Å². The number of nitrogens with two attached hydrogens (primary N) is 1. The Kier molecular flexibility index (Phi) is 4.01. The van der Waals surface area contributed by atoms with E-state index in [1.807, 2.05) is 12.1 Å². The average Bonchev–Trinajstić information content (AvgIpc) is 2.95. The molecule has 2 fully saturated rings. The van der Waals surface area contributed by atoms with E-state index in [1.54, 1.807) is 13.0 Å². The van der Waals surface area contributed by atoms with Crippen LogP contribution in [-0.2, 0) is 4.74 Å². The monoisotopic (exact) mass is 289 g/mol. The number of carbonyl (C=O) groups excluding carboxylic acids is 1. The van der Waals surface area contributed by atoms with Gasteiger partial charge in [0.2, 0.25) is 0 Å². The number of rotatable bonds is 3. The number of fused-ring (bicyclic) bond motifs is 1. The fourth-order valence-corrected chi connectivity index (χ4v) is 3.43. The number of ether oxygens (including phenoxy) is 1. The molecule has 5 nitrogen and oxygen atoms in total. The first-order valence-corrected chi connectivity index (χ1v) is 7.75. The molecule has 0 amide bonds. The van der Waals surface area contributed by atoms with Gasteiger partial charge in [-0.15, -0.1) is 0 Å². The lowest BCUT2D eigenvalue weighted by molar-refractivity contribution is 0.0527. The summed E-state index contributed by atoms with van der Waals surface area (Å²) in [6, 6.07) is 6.26. The van der Waals surface area contributed by atoms with Gasteiger partial charge in [-0.1, -0.05) is 6.07 Å². The van der Waals surface area contributed by atoms with Gasteiger partial charge < -0.3 is 15.4 Å². The lowest BCUT2D eigenvalue weighted by Crippen LogP contribution is -2.50. The van der Waals surface area contributed by atoms with Gasteiger partial charge in [0.25, 0.3) is 0 Å². The molecule has 0 aromatic heterocycles. The van der Waals surface area contributed by atoms with Crippen molar-refractivity contribution in [3.05, 3.63) is 23.8 Å². The van der Waals surface area contributed by atoms with E-state index in [0.29, 0.717) is 23.9 Å². The molecule has 2 saturated heterocycles. The summed E-state index contributed by atoms with van der Waals surface area (Å²) in [6.07, 6.45) is 2.55. The Morgan fingerprint density at radius 2 is 2.24 bits per heavy atom. The Hall–Kier alpha value is -1.75. The van der Waals surface area contributed by atoms with Gasteiger partial charge in [-0.25, -0.2) is 4.79 Å². The summed E-state index contributed by atoms with van der Waals surface area (Å²) in [4.78, 5) is 16.8. The van der Waals surface area contributed by atoms with Crippen LogP contribution in [0.2, 0.25) is 0 Å². The first-order valence-electron chi connectivity index (χ1n) is 7.75. The van der Waals surface area contributed by atoms with Gasteiger partial charge >= 0.3 is 5.97 Å². The second kappa shape index (κ2) is 5.93. The maximum Gasteiger partial charge on any atom is 0.340 e. The maximum absolute atomic E-state index is 12.0. The van der Waals surface area contributed by atoms with Gasteiger partial charge in [0.05, 0.1) is 23.5 Å². The molecule has 0 bridgehead atoms. The Morgan fingerprint density at radius 3 is 3.05 bits per heavy atom. The van der Waals surface area contributed by atoms with Crippen molar-refractivity contribution in [1.82, 2.24) is 4.90 Å². The molecule has 0 aliphatic carbocycles. The predicted molar refractivity (Wildman–Crippen MR) is 83.6 cm³/mol. The van der Waals surface area contributed by atoms with Crippen LogP contribution in [-0.4, -0.2) is 49.7 Å². The van der Waals surface area contributed by atoms with Crippen molar-refractivity contribution < 1.29 is 9.53 Å². The molecule has 114 valence electrons. The lowest BCUT2D eigenvalue weighted by Gasteiger charge is -2.39. The van der Waals surface area contributed by atoms with Gasteiger partial charge in [0.15, 0.2) is 0 Å². The van der Waals surface area contributed by atoms with Gasteiger partial charge in [-0.05, 0) is 38.4 Å². The highest BCUT2D eigenvalue weighted by atomic mass is 16.5. The molecule has 0 spiro atoms. The molecule has 2 N–H and O–H groups in total. The number of para-hydroxylation sites is 1. The van der Waals surface area contributed by atoms with Crippen molar-refractivity contribution in [2.75, 3.05) is 43.4 Å². The second-order valence-electron chi connectivity index (χ2n) is 5.74. The van der Waals surface area contributed by atoms with Crippen molar-refractivity contribution in [3.8, 4) is 0 Å². The van der Waals surface area contributed by atoms with E-state index >= 15 is 0 Å². The molecule has 21 heavy (non-hydrogen) atoms. The van der Waals surface area contributed by atoms with Gasteiger partial charge in [0.1, 0.15) is 0 Å². The standard InChI is InChI=1S/C16H23N3O2/c1-2-21-16(20)13-6-3-7-14(15(13)17)19-10-9-18-8-4-5-12(18)11-19/h3,6-7,12H,2,4-5,8-11,17H2,1H3. The summed E-state index contributed by atoms with van der Waals surface area (Å²) in [5.74, 6) is -0.337. The van der Waals surface area contributed by atoms with E-state index < -0.39 is 0 Å². The van der Waals surface area contributed by atoms with Gasteiger partial charge in [0, 0.05) is 25.7 Å². The summed E-state index contributed by atoms with van der Waals surface area (Å²) in [6.45, 7) is 6.43. The second-order valence-corrected chi connectivity index (χ2v) is 5.74. The molecule has 2 heterocycles. The molecular weight excluding hydrogens is 266 g/mol. The summed E-state index contributed by atoms with van der Waals surface area (Å²) in [5.41, 5.74) is 8.21. The largest absolute Gasteiger partial charge is 0.462 e. The van der Waals surface area contributed by atoms with Crippen molar-refractivity contribution in [2.45, 2.75) is 25.8 Å². The number of hydrogen-bond donors (Lipinski definition) is 1. The molecule has 0 radical (unpaired) electrons. The molecule has 1 atom stereocenters. The molecule has 2 aliphatic heterocycles. The predicted octanol–water partition coefficient (Wildman–Crippen LogP) is 1.73. The molecule has 2 aliphatic rings. The maximum atomic E-state index is 12.0. The van der Waals surface area contributed by atoms with Crippen LogP contribution in [0.3, 0.4) is 0 Å². The molecule has 1 unspecified atom stereocenters. The number of nitrogen functional groups attached to an aromatic ring is 1. The first kappa shape index (κ1) is 14.2. The van der Waals surface area contributed by atoms with Crippen LogP contribution in [0.15, 0.2) is 18.2 Å². The van der Waals surface area contributed by atoms with Crippen molar-refractivity contribution in [2.24, 2.45) is 0 Å². The summed E-state index contributed by atoms with van der Waals surface area (Å²) in [7, 11) is 0. The van der Waals surface area contributed by atoms with Crippen LogP contribution >= 0.6 is 0 Å². The minimum absolute atomic E-state index is 0.337. The fourth-order valence-electron chi connectivity index (χ4n) is 3.43. The number of benzene rings is 1. The van der Waals surface area contributed by atoms with Crippen LogP contribution in [0.25, 0.3) is 0 Å². The quantitative estimate of drug-likeness (QED) is 0.678. The highest BCUT2D eigenvalue weighted by Gasteiger charge is 2.31. The van der Waals surface area contributed by atoms with Crippen molar-refractivity contribution >= 4 is 17.3 Å². The molecule has 0 saturated carbocycles. The smallest absolute Gasteiger partial charge is 0.340 e. The fraction of sp³-hybridized carbons (Fsp3) is 0.562. The zero-order valence-corrected chi connectivity index (χ0v) is 12.5. The number of carbonyl (C=O) groups is 1. The van der Waals surface area contributed by atoms with Crippen LogP contribution in [0.4, 0.5) is 11.4 Å². The highest BCUT2D eigenvalue weighted by Crippen LogP contribution is 2.31. The number of esters is 1. The lowest BCUT2D eigenvalue weighted by atomic mass is 10.1. The minimum atomic E-state index is -0.337. The average molecular weight is 289 g/mol. The molecular formula is C16H23N3O2. The van der Waals surface area contributed by atoms with Crippen LogP contribution in [0.1, 0.15) is 30.1 Å². The highest BCUT2D eigenvalue weighted by molar-refractivity contribution is 5.98. The van der Waals surface area contributed by atoms with Gasteiger partial charge in [-0.2, -0.15) is 0 Å². The molecule has 3 rings (SSSR count). The van der Waals surface area contributed by atoms with Crippen molar-refractivity contribution in [3.63, 3.8) is 0 Å². The Labute approximate surface area is 125 Å². The zero-order valence-electron chi connectivity index (χ0n) is 12.5. The third kappa shape index (κ3) is 2.70. The zero-order chi connectivity index (χ0) is 14.8. The van der Waals surface area contributed by atoms with E-state index in [2.05, 4.69) is 9.80 Å². The number of nitrogens with zero attached hydrogens (tertiary/aromatic N) is 2. The van der Waals surface area contributed by atoms with E-state index in [9.17, 15) is 4.79 Å². The molecule has 1 aromatic rings. The van der Waals surface area contributed by atoms with Gasteiger partial charge in [-0.3, -0.25) is 4.90 Å². The molecule has 5 heteroatoms. The Morgan fingerprint density at radius 1 is 1.38 bits per heavy atom. The first-order chi connectivity index (χ1) is 10.2. The Bertz CT molecular complexity index is 532. The van der Waals surface area contributed by atoms with Crippen LogP contribution < -0.4 is 10.6 Å². The number of piperazine rings is 1. The summed E-state index contributed by atoms with van der Waals surface area (Å²) < 4.78 is 5.07. The number of anilines is 2. The summed E-state index contributed by atoms with van der Waals surface area (Å²) >= 11 is 0. The number of hydrogen-bond acceptors (Lipinski definition) is 5. The van der Waals surface area contributed by atoms with Crippen molar-refractivity contribution in [1.29, 1.82) is 0 Å². The minimum Gasteiger partial charge on any atom is -0.462 e. The van der Waals surface area contributed by atoms with E-state index in [0.717, 1.165) is 25.3 Å². The Balaban J connectivity index is 1.82. The van der Waals surface area contributed by atoms with Crippen LogP contribution in [0.5, 0.6) is 0 Å². The van der Waals surface area contributed by atoms with Crippen LogP contribution in [0, 0.1) is 0 Å². The normalized spacial score (nSPS) is 22.1. The van der Waals surface area contributed by atoms with E-state index in [-0.39, 0.29) is 5.97 Å².